The molecule has 0 radical (unpaired) electrons. The van der Waals surface area contributed by atoms with Crippen molar-refractivity contribution in [1.82, 2.24) is 15.3 Å². The van der Waals surface area contributed by atoms with Crippen LogP contribution in [0.5, 0.6) is 0 Å². The summed E-state index contributed by atoms with van der Waals surface area (Å²) in [4.78, 5) is 20.2. The van der Waals surface area contributed by atoms with E-state index in [1.165, 1.54) is 17.5 Å². The fourth-order valence-corrected chi connectivity index (χ4v) is 2.42. The molecule has 1 amide bonds. The van der Waals surface area contributed by atoms with E-state index in [2.05, 4.69) is 20.6 Å². The number of rotatable bonds is 5. The molecule has 2 aromatic rings. The number of pyridine rings is 1. The number of carbonyl (C=O) groups is 1. The van der Waals surface area contributed by atoms with E-state index in [0.717, 1.165) is 12.2 Å². The van der Waals surface area contributed by atoms with Gasteiger partial charge in [0.25, 0.3) is 5.91 Å². The molecule has 2 aromatic heterocycles. The number of nitrogens with zero attached hydrogens (tertiary/aromatic N) is 2. The van der Waals surface area contributed by atoms with Crippen molar-refractivity contribution in [3.8, 4) is 0 Å². The topological polar surface area (TPSA) is 66.9 Å². The number of amides is 1. The highest BCUT2D eigenvalue weighted by Gasteiger charge is 2.11. The van der Waals surface area contributed by atoms with Crippen LogP contribution in [0.25, 0.3) is 0 Å². The van der Waals surface area contributed by atoms with Gasteiger partial charge in [-0.1, -0.05) is 6.92 Å². The minimum Gasteiger partial charge on any atom is -0.309 e. The number of hydrogen-bond donors (Lipinski definition) is 2. The second kappa shape index (κ2) is 6.40. The normalized spacial score (nSPS) is 12.1. The van der Waals surface area contributed by atoms with Gasteiger partial charge in [-0.15, -0.1) is 11.3 Å². The molecule has 0 bridgehead atoms. The Morgan fingerprint density at radius 1 is 1.53 bits per heavy atom. The minimum atomic E-state index is -0.190. The van der Waals surface area contributed by atoms with Gasteiger partial charge >= 0.3 is 0 Å². The molecule has 2 rings (SSSR count). The molecule has 19 heavy (non-hydrogen) atoms. The number of hydrogen-bond acceptors (Lipinski definition) is 5. The highest BCUT2D eigenvalue weighted by Crippen LogP contribution is 2.20. The van der Waals surface area contributed by atoms with Gasteiger partial charge in [0.2, 0.25) is 0 Å². The van der Waals surface area contributed by atoms with Gasteiger partial charge in [0.05, 0.1) is 11.3 Å². The fourth-order valence-electron chi connectivity index (χ4n) is 1.62. The van der Waals surface area contributed by atoms with Gasteiger partial charge in [-0.25, -0.2) is 4.98 Å². The van der Waals surface area contributed by atoms with Crippen LogP contribution in [0.2, 0.25) is 0 Å². The molecule has 0 aliphatic carbocycles. The number of anilines is 1. The van der Waals surface area contributed by atoms with E-state index in [-0.39, 0.29) is 11.9 Å². The Kier molecular flexibility index (Phi) is 4.59. The molecule has 0 aliphatic heterocycles. The van der Waals surface area contributed by atoms with Crippen LogP contribution in [0.3, 0.4) is 0 Å². The summed E-state index contributed by atoms with van der Waals surface area (Å²) in [5.74, 6) is -0.190. The molecule has 2 heterocycles. The third kappa shape index (κ3) is 3.59. The van der Waals surface area contributed by atoms with Crippen molar-refractivity contribution < 1.29 is 4.79 Å². The Bertz CT molecular complexity index is 541. The summed E-state index contributed by atoms with van der Waals surface area (Å²) >= 11 is 1.42. The molecular weight excluding hydrogens is 260 g/mol. The lowest BCUT2D eigenvalue weighted by Crippen LogP contribution is -2.18. The zero-order chi connectivity index (χ0) is 13.7. The molecular formula is C13H16N4OS. The maximum absolute atomic E-state index is 11.9. The predicted octanol–water partition coefficient (Wildman–Crippen LogP) is 2.46. The molecule has 0 spiro atoms. The third-order valence-electron chi connectivity index (χ3n) is 2.62. The average Bonchev–Trinajstić information content (AvgIpc) is 2.88. The first-order valence-corrected chi connectivity index (χ1v) is 6.99. The zero-order valence-electron chi connectivity index (χ0n) is 10.9. The van der Waals surface area contributed by atoms with Crippen LogP contribution < -0.4 is 10.6 Å². The molecule has 0 aliphatic rings. The molecule has 100 valence electrons. The van der Waals surface area contributed by atoms with Gasteiger partial charge in [-0.2, -0.15) is 0 Å². The molecule has 0 fully saturated rings. The van der Waals surface area contributed by atoms with Crippen molar-refractivity contribution >= 4 is 22.4 Å². The van der Waals surface area contributed by atoms with Gasteiger partial charge in [0.1, 0.15) is 0 Å². The van der Waals surface area contributed by atoms with Gasteiger partial charge in [-0.05, 0) is 25.6 Å². The number of aromatic nitrogens is 2. The van der Waals surface area contributed by atoms with Gasteiger partial charge in [0, 0.05) is 23.8 Å². The summed E-state index contributed by atoms with van der Waals surface area (Å²) in [5.41, 5.74) is 1.47. The number of carbonyl (C=O) groups excluding carboxylic acids is 1. The largest absolute Gasteiger partial charge is 0.309 e. The van der Waals surface area contributed by atoms with Crippen LogP contribution in [-0.4, -0.2) is 22.4 Å². The first-order chi connectivity index (χ1) is 9.20. The van der Waals surface area contributed by atoms with Crippen molar-refractivity contribution in [1.29, 1.82) is 0 Å². The lowest BCUT2D eigenvalue weighted by Gasteiger charge is -2.08. The summed E-state index contributed by atoms with van der Waals surface area (Å²) in [5, 5.41) is 8.61. The van der Waals surface area contributed by atoms with E-state index in [1.54, 1.807) is 18.3 Å². The molecule has 2 N–H and O–H groups in total. The van der Waals surface area contributed by atoms with Gasteiger partial charge in [-0.3, -0.25) is 15.1 Å². The fraction of sp³-hybridized carbons (Fsp3) is 0.308. The van der Waals surface area contributed by atoms with E-state index in [9.17, 15) is 4.79 Å². The van der Waals surface area contributed by atoms with E-state index in [4.69, 9.17) is 0 Å². The van der Waals surface area contributed by atoms with E-state index < -0.39 is 0 Å². The minimum absolute atomic E-state index is 0.185. The standard InChI is InChI=1S/C13H16N4OS/c1-3-15-9(2)11-8-19-13(16-11)17-12(18)10-5-4-6-14-7-10/h4-9,15H,3H2,1-2H3,(H,16,17,18). The van der Waals surface area contributed by atoms with Crippen LogP contribution in [0.15, 0.2) is 29.9 Å². The molecule has 0 saturated carbocycles. The van der Waals surface area contributed by atoms with E-state index in [1.807, 2.05) is 19.2 Å². The lowest BCUT2D eigenvalue weighted by molar-refractivity contribution is 0.102. The third-order valence-corrected chi connectivity index (χ3v) is 3.40. The molecule has 1 unspecified atom stereocenters. The van der Waals surface area contributed by atoms with Crippen molar-refractivity contribution in [2.45, 2.75) is 19.9 Å². The smallest absolute Gasteiger partial charge is 0.259 e. The van der Waals surface area contributed by atoms with E-state index >= 15 is 0 Å². The Hall–Kier alpha value is -1.79. The summed E-state index contributed by atoms with van der Waals surface area (Å²) in [6.07, 6.45) is 3.17. The van der Waals surface area contributed by atoms with Crippen molar-refractivity contribution in [2.24, 2.45) is 0 Å². The first-order valence-electron chi connectivity index (χ1n) is 6.11. The summed E-state index contributed by atoms with van der Waals surface area (Å²) in [6.45, 7) is 4.98. The second-order valence-corrected chi connectivity index (χ2v) is 4.91. The predicted molar refractivity (Wildman–Crippen MR) is 76.4 cm³/mol. The van der Waals surface area contributed by atoms with E-state index in [0.29, 0.717) is 10.7 Å². The van der Waals surface area contributed by atoms with Crippen molar-refractivity contribution in [3.63, 3.8) is 0 Å². The molecule has 1 atom stereocenters. The highest BCUT2D eigenvalue weighted by atomic mass is 32.1. The van der Waals surface area contributed by atoms with Crippen LogP contribution in [0, 0.1) is 0 Å². The second-order valence-electron chi connectivity index (χ2n) is 4.05. The van der Waals surface area contributed by atoms with Crippen LogP contribution in [0.4, 0.5) is 5.13 Å². The van der Waals surface area contributed by atoms with Crippen LogP contribution in [0.1, 0.15) is 35.9 Å². The molecule has 0 saturated heterocycles. The number of nitrogens with one attached hydrogen (secondary N) is 2. The van der Waals surface area contributed by atoms with Gasteiger partial charge in [0.15, 0.2) is 5.13 Å². The average molecular weight is 276 g/mol. The van der Waals surface area contributed by atoms with Gasteiger partial charge < -0.3 is 5.32 Å². The Morgan fingerprint density at radius 2 is 2.37 bits per heavy atom. The maximum Gasteiger partial charge on any atom is 0.259 e. The first kappa shape index (κ1) is 13.6. The SMILES string of the molecule is CCNC(C)c1csc(NC(=O)c2cccnc2)n1. The molecule has 6 heteroatoms. The summed E-state index contributed by atoms with van der Waals surface area (Å²) in [7, 11) is 0. The Balaban J connectivity index is 2.02. The van der Waals surface area contributed by atoms with Crippen LogP contribution >= 0.6 is 11.3 Å². The Morgan fingerprint density at radius 3 is 3.05 bits per heavy atom. The summed E-state index contributed by atoms with van der Waals surface area (Å²) in [6, 6.07) is 3.64. The quantitative estimate of drug-likeness (QED) is 0.880. The van der Waals surface area contributed by atoms with Crippen molar-refractivity contribution in [2.75, 3.05) is 11.9 Å². The van der Waals surface area contributed by atoms with Crippen molar-refractivity contribution in [3.05, 3.63) is 41.2 Å². The maximum atomic E-state index is 11.9. The highest BCUT2D eigenvalue weighted by molar-refractivity contribution is 7.14. The zero-order valence-corrected chi connectivity index (χ0v) is 11.7. The van der Waals surface area contributed by atoms with Crippen LogP contribution in [-0.2, 0) is 0 Å². The molecule has 5 nitrogen and oxygen atoms in total. The monoisotopic (exact) mass is 276 g/mol. The molecule has 0 aromatic carbocycles. The number of thiazole rings is 1. The Labute approximate surface area is 116 Å². The summed E-state index contributed by atoms with van der Waals surface area (Å²) < 4.78 is 0. The lowest BCUT2D eigenvalue weighted by atomic mass is 10.2.